The van der Waals surface area contributed by atoms with Gasteiger partial charge in [0.2, 0.25) is 5.88 Å². The van der Waals surface area contributed by atoms with E-state index in [1.165, 1.54) is 5.56 Å². The fourth-order valence-electron chi connectivity index (χ4n) is 3.96. The Balaban J connectivity index is 1.70. The second kappa shape index (κ2) is 8.38. The van der Waals surface area contributed by atoms with Crippen molar-refractivity contribution < 1.29 is 9.47 Å². The summed E-state index contributed by atoms with van der Waals surface area (Å²) in [5, 5.41) is 5.81. The standard InChI is InChI=1S/C25H28N4O2/c1-7-19-8-10-20(11-9-19)29-25-23(18(5)28-29)15(2)12-22(27-25)31-14-21-17(4)24(30-6)16(3)13-26-21/h8-13H,7,14H2,1-6H3. The summed E-state index contributed by atoms with van der Waals surface area (Å²) >= 11 is 0. The Hall–Kier alpha value is -3.41. The first kappa shape index (κ1) is 20.8. The number of fused-ring (bicyclic) bond motifs is 1. The predicted octanol–water partition coefficient (Wildman–Crippen LogP) is 5.20. The van der Waals surface area contributed by atoms with E-state index < -0.39 is 0 Å². The van der Waals surface area contributed by atoms with Crippen molar-refractivity contribution in [1.29, 1.82) is 0 Å². The topological polar surface area (TPSA) is 62.1 Å². The summed E-state index contributed by atoms with van der Waals surface area (Å²) in [6, 6.07) is 10.4. The number of methoxy groups -OCH3 is 1. The molecule has 0 radical (unpaired) electrons. The minimum Gasteiger partial charge on any atom is -0.496 e. The highest BCUT2D eigenvalue weighted by Gasteiger charge is 2.16. The Kier molecular flexibility index (Phi) is 5.63. The van der Waals surface area contributed by atoms with Gasteiger partial charge in [0.05, 0.1) is 24.2 Å². The van der Waals surface area contributed by atoms with Gasteiger partial charge in [-0.1, -0.05) is 19.1 Å². The van der Waals surface area contributed by atoms with Gasteiger partial charge < -0.3 is 9.47 Å². The summed E-state index contributed by atoms with van der Waals surface area (Å²) in [5.74, 6) is 1.40. The van der Waals surface area contributed by atoms with Gasteiger partial charge in [-0.2, -0.15) is 10.1 Å². The van der Waals surface area contributed by atoms with Crippen LogP contribution in [0.2, 0.25) is 0 Å². The Morgan fingerprint density at radius 2 is 1.74 bits per heavy atom. The molecule has 0 unspecified atom stereocenters. The van der Waals surface area contributed by atoms with Crippen molar-refractivity contribution >= 4 is 11.0 Å². The zero-order valence-corrected chi connectivity index (χ0v) is 19.0. The summed E-state index contributed by atoms with van der Waals surface area (Å²) < 4.78 is 13.5. The molecule has 160 valence electrons. The third-order valence-electron chi connectivity index (χ3n) is 5.68. The van der Waals surface area contributed by atoms with E-state index in [9.17, 15) is 0 Å². The quantitative estimate of drug-likeness (QED) is 0.432. The van der Waals surface area contributed by atoms with Gasteiger partial charge in [-0.3, -0.25) is 4.98 Å². The fraction of sp³-hybridized carbons (Fsp3) is 0.320. The zero-order chi connectivity index (χ0) is 22.1. The molecule has 4 rings (SSSR count). The molecule has 0 aliphatic carbocycles. The molecule has 0 bridgehead atoms. The lowest BCUT2D eigenvalue weighted by Gasteiger charge is -2.13. The SMILES string of the molecule is CCc1ccc(-n2nc(C)c3c(C)cc(OCc4ncc(C)c(OC)c4C)nc32)cc1. The van der Waals surface area contributed by atoms with E-state index in [0.29, 0.717) is 12.5 Å². The first-order valence-electron chi connectivity index (χ1n) is 10.5. The minimum atomic E-state index is 0.318. The second-order valence-corrected chi connectivity index (χ2v) is 7.83. The Labute approximate surface area is 182 Å². The molecule has 4 aromatic rings. The lowest BCUT2D eigenvalue weighted by Crippen LogP contribution is -2.05. The summed E-state index contributed by atoms with van der Waals surface area (Å²) in [6.45, 7) is 10.5. The summed E-state index contributed by atoms with van der Waals surface area (Å²) in [4.78, 5) is 9.32. The highest BCUT2D eigenvalue weighted by atomic mass is 16.5. The van der Waals surface area contributed by atoms with Gasteiger partial charge in [-0.25, -0.2) is 4.68 Å². The molecule has 0 spiro atoms. The smallest absolute Gasteiger partial charge is 0.215 e. The number of pyridine rings is 2. The maximum Gasteiger partial charge on any atom is 0.215 e. The average molecular weight is 417 g/mol. The van der Waals surface area contributed by atoms with Crippen LogP contribution in [0, 0.1) is 27.7 Å². The van der Waals surface area contributed by atoms with Crippen LogP contribution in [-0.4, -0.2) is 26.9 Å². The van der Waals surface area contributed by atoms with Crippen molar-refractivity contribution in [2.75, 3.05) is 7.11 Å². The normalized spacial score (nSPS) is 11.2. The van der Waals surface area contributed by atoms with E-state index in [4.69, 9.17) is 19.6 Å². The third-order valence-corrected chi connectivity index (χ3v) is 5.68. The van der Waals surface area contributed by atoms with E-state index in [2.05, 4.69) is 43.1 Å². The van der Waals surface area contributed by atoms with Crippen molar-refractivity contribution in [1.82, 2.24) is 19.7 Å². The van der Waals surface area contributed by atoms with Crippen molar-refractivity contribution in [3.8, 4) is 17.3 Å². The summed E-state index contributed by atoms with van der Waals surface area (Å²) in [7, 11) is 1.68. The number of benzene rings is 1. The van der Waals surface area contributed by atoms with Gasteiger partial charge in [-0.15, -0.1) is 0 Å². The van der Waals surface area contributed by atoms with E-state index >= 15 is 0 Å². The van der Waals surface area contributed by atoms with Crippen LogP contribution in [0.25, 0.3) is 16.7 Å². The zero-order valence-electron chi connectivity index (χ0n) is 19.0. The summed E-state index contributed by atoms with van der Waals surface area (Å²) in [6.07, 6.45) is 2.82. The fourth-order valence-corrected chi connectivity index (χ4v) is 3.96. The molecule has 6 nitrogen and oxygen atoms in total. The molecule has 0 saturated heterocycles. The maximum absolute atomic E-state index is 6.07. The number of rotatable bonds is 6. The Morgan fingerprint density at radius 3 is 2.42 bits per heavy atom. The van der Waals surface area contributed by atoms with E-state index in [-0.39, 0.29) is 0 Å². The molecule has 0 N–H and O–H groups in total. The van der Waals surface area contributed by atoms with Gasteiger partial charge in [0.25, 0.3) is 0 Å². The molecule has 6 heteroatoms. The first-order valence-corrected chi connectivity index (χ1v) is 10.5. The van der Waals surface area contributed by atoms with Gasteiger partial charge in [0, 0.05) is 28.8 Å². The van der Waals surface area contributed by atoms with Crippen molar-refractivity contribution in [2.24, 2.45) is 0 Å². The van der Waals surface area contributed by atoms with Crippen LogP contribution in [0.4, 0.5) is 0 Å². The van der Waals surface area contributed by atoms with Crippen LogP contribution < -0.4 is 9.47 Å². The van der Waals surface area contributed by atoms with Crippen LogP contribution in [0.5, 0.6) is 11.6 Å². The summed E-state index contributed by atoms with van der Waals surface area (Å²) in [5.41, 5.74) is 7.93. The molecule has 31 heavy (non-hydrogen) atoms. The average Bonchev–Trinajstić information content (AvgIpc) is 3.10. The molecule has 3 heterocycles. The van der Waals surface area contributed by atoms with Gasteiger partial charge >= 0.3 is 0 Å². The molecular formula is C25H28N4O2. The van der Waals surface area contributed by atoms with Crippen molar-refractivity contribution in [2.45, 2.75) is 47.6 Å². The monoisotopic (exact) mass is 416 g/mol. The highest BCUT2D eigenvalue weighted by Crippen LogP contribution is 2.28. The van der Waals surface area contributed by atoms with Crippen LogP contribution >= 0.6 is 0 Å². The lowest BCUT2D eigenvalue weighted by molar-refractivity contribution is 0.287. The van der Waals surface area contributed by atoms with Crippen LogP contribution in [-0.2, 0) is 13.0 Å². The van der Waals surface area contributed by atoms with Gasteiger partial charge in [0.1, 0.15) is 12.4 Å². The van der Waals surface area contributed by atoms with Crippen LogP contribution in [0.1, 0.15) is 40.6 Å². The predicted molar refractivity (Wildman–Crippen MR) is 122 cm³/mol. The number of ether oxygens (including phenoxy) is 2. The van der Waals surface area contributed by atoms with Crippen molar-refractivity contribution in [3.63, 3.8) is 0 Å². The number of hydrogen-bond acceptors (Lipinski definition) is 5. The van der Waals surface area contributed by atoms with Gasteiger partial charge in [0.15, 0.2) is 5.65 Å². The molecule has 3 aromatic heterocycles. The molecule has 0 amide bonds. The number of hydrogen-bond donors (Lipinski definition) is 0. The van der Waals surface area contributed by atoms with Crippen LogP contribution in [0.15, 0.2) is 36.5 Å². The van der Waals surface area contributed by atoms with E-state index in [1.54, 1.807) is 7.11 Å². The van der Waals surface area contributed by atoms with Crippen molar-refractivity contribution in [3.05, 3.63) is 70.2 Å². The lowest BCUT2D eigenvalue weighted by atomic mass is 10.1. The molecule has 1 aromatic carbocycles. The van der Waals surface area contributed by atoms with E-state index in [1.807, 2.05) is 37.7 Å². The molecule has 0 atom stereocenters. The second-order valence-electron chi connectivity index (χ2n) is 7.83. The molecule has 0 aliphatic rings. The number of aryl methyl sites for hydroxylation is 4. The molecule has 0 saturated carbocycles. The number of nitrogens with zero attached hydrogens (tertiary/aromatic N) is 4. The first-order chi connectivity index (χ1) is 14.9. The Bertz CT molecular complexity index is 1240. The van der Waals surface area contributed by atoms with Gasteiger partial charge in [-0.05, 0) is 57.4 Å². The molecule has 0 aliphatic heterocycles. The third kappa shape index (κ3) is 3.85. The van der Waals surface area contributed by atoms with Crippen LogP contribution in [0.3, 0.4) is 0 Å². The molecular weight excluding hydrogens is 388 g/mol. The molecule has 0 fully saturated rings. The number of aromatic nitrogens is 4. The Morgan fingerprint density at radius 1 is 1.00 bits per heavy atom. The minimum absolute atomic E-state index is 0.318. The van der Waals surface area contributed by atoms with E-state index in [0.717, 1.165) is 57.0 Å². The maximum atomic E-state index is 6.07. The highest BCUT2D eigenvalue weighted by molar-refractivity contribution is 5.84. The largest absolute Gasteiger partial charge is 0.496 e.